The first-order valence-corrected chi connectivity index (χ1v) is 12.0. The summed E-state index contributed by atoms with van der Waals surface area (Å²) < 4.78 is 26.4. The van der Waals surface area contributed by atoms with Gasteiger partial charge in [0.25, 0.3) is 5.69 Å². The molecular formula is C22H29N3O5S. The third-order valence-corrected chi connectivity index (χ3v) is 6.34. The number of anilines is 1. The lowest BCUT2D eigenvalue weighted by atomic mass is 10.0. The number of aryl methyl sites for hydroxylation is 2. The Morgan fingerprint density at radius 2 is 1.71 bits per heavy atom. The van der Waals surface area contributed by atoms with E-state index in [1.54, 1.807) is 13.8 Å². The molecule has 0 spiro atoms. The van der Waals surface area contributed by atoms with Gasteiger partial charge < -0.3 is 5.32 Å². The number of hydrogen-bond acceptors (Lipinski definition) is 5. The standard InChI is InChI=1S/C22H29N3O5S/c1-6-19(17-11-8-15(3)9-12-17)23-22(26)20(7-2)24(31(5,29)30)21-14-18(25(27)28)13-10-16(21)4/h8-14,19-20H,6-7H2,1-5H3,(H,23,26)/t19-,20+/m0/s1. The van der Waals surface area contributed by atoms with E-state index in [9.17, 15) is 23.3 Å². The number of sulfonamides is 1. The summed E-state index contributed by atoms with van der Waals surface area (Å²) in [5.74, 6) is -0.453. The highest BCUT2D eigenvalue weighted by molar-refractivity contribution is 7.92. The van der Waals surface area contributed by atoms with Crippen LogP contribution < -0.4 is 9.62 Å². The quantitative estimate of drug-likeness (QED) is 0.461. The van der Waals surface area contributed by atoms with Crippen molar-refractivity contribution in [2.75, 3.05) is 10.6 Å². The van der Waals surface area contributed by atoms with E-state index in [2.05, 4.69) is 5.32 Å². The van der Waals surface area contributed by atoms with Gasteiger partial charge in [-0.3, -0.25) is 19.2 Å². The molecule has 0 heterocycles. The number of carbonyl (C=O) groups is 1. The van der Waals surface area contributed by atoms with Crippen LogP contribution in [-0.2, 0) is 14.8 Å². The lowest BCUT2D eigenvalue weighted by Crippen LogP contribution is -2.50. The molecule has 2 aromatic rings. The Balaban J connectivity index is 2.45. The van der Waals surface area contributed by atoms with Gasteiger partial charge in [-0.1, -0.05) is 49.7 Å². The molecule has 1 N–H and O–H groups in total. The molecule has 9 heteroatoms. The first-order chi connectivity index (χ1) is 14.5. The van der Waals surface area contributed by atoms with E-state index in [0.29, 0.717) is 12.0 Å². The van der Waals surface area contributed by atoms with Crippen molar-refractivity contribution < 1.29 is 18.1 Å². The Hall–Kier alpha value is -2.94. The smallest absolute Gasteiger partial charge is 0.271 e. The molecule has 0 saturated carbocycles. The molecule has 0 radical (unpaired) electrons. The lowest BCUT2D eigenvalue weighted by molar-refractivity contribution is -0.384. The van der Waals surface area contributed by atoms with Crippen LogP contribution in [0.25, 0.3) is 0 Å². The van der Waals surface area contributed by atoms with Crippen molar-refractivity contribution in [2.45, 2.75) is 52.6 Å². The van der Waals surface area contributed by atoms with Gasteiger partial charge in [0.2, 0.25) is 15.9 Å². The fourth-order valence-corrected chi connectivity index (χ4v) is 4.73. The molecule has 31 heavy (non-hydrogen) atoms. The van der Waals surface area contributed by atoms with Gasteiger partial charge in [-0.2, -0.15) is 0 Å². The van der Waals surface area contributed by atoms with Crippen LogP contribution >= 0.6 is 0 Å². The fraction of sp³-hybridized carbons (Fsp3) is 0.409. The lowest BCUT2D eigenvalue weighted by Gasteiger charge is -2.32. The number of rotatable bonds is 9. The predicted octanol–water partition coefficient (Wildman–Crippen LogP) is 4.02. The Morgan fingerprint density at radius 1 is 1.10 bits per heavy atom. The zero-order valence-corrected chi connectivity index (χ0v) is 19.3. The molecule has 168 valence electrons. The molecule has 8 nitrogen and oxygen atoms in total. The number of non-ortho nitro benzene ring substituents is 1. The van der Waals surface area contributed by atoms with Crippen LogP contribution in [0.15, 0.2) is 42.5 Å². The molecular weight excluding hydrogens is 418 g/mol. The summed E-state index contributed by atoms with van der Waals surface area (Å²) in [6, 6.07) is 10.4. The summed E-state index contributed by atoms with van der Waals surface area (Å²) in [7, 11) is -3.90. The van der Waals surface area contributed by atoms with Crippen LogP contribution in [0.4, 0.5) is 11.4 Å². The Kier molecular flexibility index (Phi) is 7.78. The highest BCUT2D eigenvalue weighted by atomic mass is 32.2. The molecule has 0 aliphatic carbocycles. The molecule has 0 unspecified atom stereocenters. The van der Waals surface area contributed by atoms with E-state index in [1.807, 2.05) is 38.1 Å². The first kappa shape index (κ1) is 24.3. The summed E-state index contributed by atoms with van der Waals surface area (Å²) in [6.45, 7) is 7.28. The largest absolute Gasteiger partial charge is 0.347 e. The maximum absolute atomic E-state index is 13.2. The summed E-state index contributed by atoms with van der Waals surface area (Å²) in [4.78, 5) is 23.9. The average Bonchev–Trinajstić information content (AvgIpc) is 2.70. The van der Waals surface area contributed by atoms with Crippen molar-refractivity contribution in [3.8, 4) is 0 Å². The summed E-state index contributed by atoms with van der Waals surface area (Å²) in [5, 5.41) is 14.2. The van der Waals surface area contributed by atoms with Gasteiger partial charge in [-0.25, -0.2) is 8.42 Å². The number of hydrogen-bond donors (Lipinski definition) is 1. The number of carbonyl (C=O) groups excluding carboxylic acids is 1. The van der Waals surface area contributed by atoms with Gasteiger partial charge in [-0.15, -0.1) is 0 Å². The van der Waals surface area contributed by atoms with Crippen LogP contribution in [0.3, 0.4) is 0 Å². The summed E-state index contributed by atoms with van der Waals surface area (Å²) in [6.07, 6.45) is 1.82. The molecule has 2 rings (SSSR count). The molecule has 0 bridgehead atoms. The summed E-state index contributed by atoms with van der Waals surface area (Å²) >= 11 is 0. The molecule has 0 saturated heterocycles. The number of benzene rings is 2. The number of nitrogens with one attached hydrogen (secondary N) is 1. The van der Waals surface area contributed by atoms with Crippen molar-refractivity contribution in [2.24, 2.45) is 0 Å². The fourth-order valence-electron chi connectivity index (χ4n) is 3.47. The topological polar surface area (TPSA) is 110 Å². The SMILES string of the molecule is CC[C@H](NC(=O)[C@@H](CC)N(c1cc([N+](=O)[O-])ccc1C)S(C)(=O)=O)c1ccc(C)cc1. The Bertz CT molecular complexity index is 1050. The number of nitrogens with zero attached hydrogens (tertiary/aromatic N) is 2. The van der Waals surface area contributed by atoms with Gasteiger partial charge in [0.1, 0.15) is 6.04 Å². The molecule has 2 atom stereocenters. The molecule has 1 amide bonds. The van der Waals surface area contributed by atoms with Crippen LogP contribution in [0.1, 0.15) is 49.4 Å². The highest BCUT2D eigenvalue weighted by Crippen LogP contribution is 2.30. The second-order valence-electron chi connectivity index (χ2n) is 7.59. The predicted molar refractivity (Wildman–Crippen MR) is 122 cm³/mol. The summed E-state index contributed by atoms with van der Waals surface area (Å²) in [5.41, 5.74) is 2.43. The van der Waals surface area contributed by atoms with E-state index < -0.39 is 26.9 Å². The van der Waals surface area contributed by atoms with E-state index in [-0.39, 0.29) is 23.8 Å². The number of nitro groups is 1. The second kappa shape index (κ2) is 9.91. The zero-order chi connectivity index (χ0) is 23.3. The van der Waals surface area contributed by atoms with Crippen LogP contribution in [0.2, 0.25) is 0 Å². The van der Waals surface area contributed by atoms with Crippen LogP contribution in [-0.4, -0.2) is 31.5 Å². The van der Waals surface area contributed by atoms with Crippen LogP contribution in [0, 0.1) is 24.0 Å². The van der Waals surface area contributed by atoms with E-state index in [0.717, 1.165) is 21.7 Å². The van der Waals surface area contributed by atoms with Gasteiger partial charge in [0, 0.05) is 12.1 Å². The average molecular weight is 448 g/mol. The van der Waals surface area contributed by atoms with Crippen molar-refractivity contribution in [1.82, 2.24) is 5.32 Å². The van der Waals surface area contributed by atoms with E-state index in [1.165, 1.54) is 18.2 Å². The number of amides is 1. The maximum Gasteiger partial charge on any atom is 0.271 e. The van der Waals surface area contributed by atoms with Gasteiger partial charge in [0.05, 0.1) is 22.9 Å². The second-order valence-corrected chi connectivity index (χ2v) is 9.45. The molecule has 0 aromatic heterocycles. The molecule has 0 aliphatic heterocycles. The van der Waals surface area contributed by atoms with Crippen molar-refractivity contribution in [1.29, 1.82) is 0 Å². The normalized spacial score (nSPS) is 13.3. The first-order valence-electron chi connectivity index (χ1n) is 10.1. The zero-order valence-electron chi connectivity index (χ0n) is 18.5. The van der Waals surface area contributed by atoms with E-state index >= 15 is 0 Å². The van der Waals surface area contributed by atoms with Gasteiger partial charge in [-0.05, 0) is 37.8 Å². The maximum atomic E-state index is 13.2. The van der Waals surface area contributed by atoms with E-state index in [4.69, 9.17) is 0 Å². The van der Waals surface area contributed by atoms with Gasteiger partial charge >= 0.3 is 0 Å². The van der Waals surface area contributed by atoms with Crippen LogP contribution in [0.5, 0.6) is 0 Å². The monoisotopic (exact) mass is 447 g/mol. The van der Waals surface area contributed by atoms with Crippen molar-refractivity contribution in [3.63, 3.8) is 0 Å². The molecule has 0 fully saturated rings. The minimum absolute atomic E-state index is 0.127. The van der Waals surface area contributed by atoms with Gasteiger partial charge in [0.15, 0.2) is 0 Å². The van der Waals surface area contributed by atoms with Crippen molar-refractivity contribution in [3.05, 3.63) is 69.3 Å². The third-order valence-electron chi connectivity index (χ3n) is 5.18. The minimum Gasteiger partial charge on any atom is -0.347 e. The highest BCUT2D eigenvalue weighted by Gasteiger charge is 2.34. The molecule has 2 aromatic carbocycles. The minimum atomic E-state index is -3.90. The number of nitro benzene ring substituents is 1. The Labute approximate surface area is 183 Å². The molecule has 0 aliphatic rings. The Morgan fingerprint density at radius 3 is 2.19 bits per heavy atom. The third kappa shape index (κ3) is 5.81. The van der Waals surface area contributed by atoms with Crippen molar-refractivity contribution >= 4 is 27.3 Å².